The van der Waals surface area contributed by atoms with Gasteiger partial charge in [0, 0.05) is 32.4 Å². The molecule has 0 aliphatic carbocycles. The fourth-order valence-corrected chi connectivity index (χ4v) is 8.49. The molecule has 0 radical (unpaired) electrons. The van der Waals surface area contributed by atoms with E-state index in [0.717, 1.165) is 90.5 Å². The van der Waals surface area contributed by atoms with Crippen molar-refractivity contribution in [3.8, 4) is 0 Å². The summed E-state index contributed by atoms with van der Waals surface area (Å²) in [6.45, 7) is 23.2. The first-order valence-electron chi connectivity index (χ1n) is 28.7. The Balaban J connectivity index is -0.00000932. The molecule has 0 aromatic heterocycles. The van der Waals surface area contributed by atoms with Crippen LogP contribution in [-0.2, 0) is 23.9 Å². The fourth-order valence-electron chi connectivity index (χ4n) is 8.49. The Morgan fingerprint density at radius 3 is 1.06 bits per heavy atom. The lowest BCUT2D eigenvalue weighted by atomic mass is 9.95. The predicted molar refractivity (Wildman–Crippen MR) is 282 cm³/mol. The molecule has 0 saturated heterocycles. The van der Waals surface area contributed by atoms with Gasteiger partial charge in [0.05, 0.1) is 13.2 Å². The van der Waals surface area contributed by atoms with Crippen LogP contribution in [0.4, 0.5) is 0 Å². The Labute approximate surface area is 406 Å². The van der Waals surface area contributed by atoms with Gasteiger partial charge < -0.3 is 24.4 Å². The van der Waals surface area contributed by atoms with Crippen molar-refractivity contribution in [2.24, 2.45) is 11.8 Å². The summed E-state index contributed by atoms with van der Waals surface area (Å²) in [6.07, 6.45) is 40.5. The minimum absolute atomic E-state index is 0.0258. The van der Waals surface area contributed by atoms with E-state index < -0.39 is 5.97 Å². The lowest BCUT2D eigenvalue weighted by Gasteiger charge is -2.25. The van der Waals surface area contributed by atoms with Gasteiger partial charge in [0.1, 0.15) is 0 Å². The third kappa shape index (κ3) is 53.2. The maximum absolute atomic E-state index is 12.8. The molecular formula is C57H116N2O6. The SMILES string of the molecule is CC.CC.CCCCCCCCC(CCCCCC)COC(=O)CCCCCN(CCCCCC(=O)OCC(CCCCCC)CCCCCCCC)CCN(C)CCCCCC(=O)O. The molecule has 2 unspecified atom stereocenters. The summed E-state index contributed by atoms with van der Waals surface area (Å²) >= 11 is 0. The number of carboxylic acid groups (broad SMARTS) is 1. The summed E-state index contributed by atoms with van der Waals surface area (Å²) in [6, 6.07) is 0. The van der Waals surface area contributed by atoms with E-state index in [2.05, 4.69) is 44.5 Å². The van der Waals surface area contributed by atoms with E-state index >= 15 is 0 Å². The predicted octanol–water partition coefficient (Wildman–Crippen LogP) is 16.8. The van der Waals surface area contributed by atoms with Crippen molar-refractivity contribution in [2.45, 2.75) is 287 Å². The van der Waals surface area contributed by atoms with Crippen molar-refractivity contribution < 1.29 is 29.0 Å². The summed E-state index contributed by atoms with van der Waals surface area (Å²) in [5.41, 5.74) is 0. The Morgan fingerprint density at radius 1 is 0.385 bits per heavy atom. The number of hydrogen-bond donors (Lipinski definition) is 1. The van der Waals surface area contributed by atoms with Crippen LogP contribution in [0.2, 0.25) is 0 Å². The summed E-state index contributed by atoms with van der Waals surface area (Å²) in [5.74, 6) is 0.251. The van der Waals surface area contributed by atoms with E-state index in [1.807, 2.05) is 27.7 Å². The highest BCUT2D eigenvalue weighted by Gasteiger charge is 2.15. The second kappa shape index (κ2) is 56.7. The van der Waals surface area contributed by atoms with Crippen LogP contribution in [0.15, 0.2) is 0 Å². The van der Waals surface area contributed by atoms with E-state index in [-0.39, 0.29) is 18.4 Å². The topological polar surface area (TPSA) is 96.4 Å². The molecule has 0 aliphatic rings. The van der Waals surface area contributed by atoms with Gasteiger partial charge in [-0.15, -0.1) is 0 Å². The first-order chi connectivity index (χ1) is 31.7. The monoisotopic (exact) mass is 925 g/mol. The van der Waals surface area contributed by atoms with Crippen LogP contribution >= 0.6 is 0 Å². The molecule has 0 bridgehead atoms. The standard InChI is InChI=1S/C53H104N2O6.2C2H6/c1-6-10-14-18-20-27-37-49(35-25-16-12-8-3)47-60-52(58)40-30-23-33-43-55(46-45-54(5)42-32-22-29-39-51(56)57)44-34-24-31-41-53(59)61-48-50(36-26-17-13-9-4)38-28-21-19-15-11-7-2;2*1-2/h49-50H,6-48H2,1-5H3,(H,56,57);2*1-2H3. The number of likely N-dealkylation sites (N-methyl/N-ethyl adjacent to an activating group) is 1. The quantitative estimate of drug-likeness (QED) is 0.0476. The highest BCUT2D eigenvalue weighted by atomic mass is 16.5. The minimum Gasteiger partial charge on any atom is -0.481 e. The van der Waals surface area contributed by atoms with Crippen molar-refractivity contribution in [3.05, 3.63) is 0 Å². The van der Waals surface area contributed by atoms with Gasteiger partial charge in [0.2, 0.25) is 0 Å². The molecule has 390 valence electrons. The van der Waals surface area contributed by atoms with Crippen molar-refractivity contribution >= 4 is 17.9 Å². The normalized spacial score (nSPS) is 12.0. The second-order valence-corrected chi connectivity index (χ2v) is 18.9. The Hall–Kier alpha value is -1.67. The van der Waals surface area contributed by atoms with Gasteiger partial charge in [-0.1, -0.05) is 203 Å². The summed E-state index contributed by atoms with van der Waals surface area (Å²) in [4.78, 5) is 41.4. The zero-order chi connectivity index (χ0) is 48.9. The van der Waals surface area contributed by atoms with Crippen LogP contribution in [0.3, 0.4) is 0 Å². The van der Waals surface area contributed by atoms with Gasteiger partial charge >= 0.3 is 17.9 Å². The van der Waals surface area contributed by atoms with Crippen LogP contribution in [0.5, 0.6) is 0 Å². The third-order valence-electron chi connectivity index (χ3n) is 12.8. The highest BCUT2D eigenvalue weighted by molar-refractivity contribution is 5.69. The number of ether oxygens (including phenoxy) is 2. The highest BCUT2D eigenvalue weighted by Crippen LogP contribution is 2.22. The number of carbonyl (C=O) groups is 3. The number of aliphatic carboxylic acids is 1. The first kappa shape index (κ1) is 67.6. The van der Waals surface area contributed by atoms with Crippen LogP contribution < -0.4 is 0 Å². The van der Waals surface area contributed by atoms with Crippen molar-refractivity contribution in [2.75, 3.05) is 53.0 Å². The van der Waals surface area contributed by atoms with Crippen LogP contribution in [0, 0.1) is 11.8 Å². The lowest BCUT2D eigenvalue weighted by Crippen LogP contribution is -2.35. The van der Waals surface area contributed by atoms with Gasteiger partial charge in [0.15, 0.2) is 0 Å². The number of carbonyl (C=O) groups excluding carboxylic acids is 2. The zero-order valence-electron chi connectivity index (χ0n) is 45.4. The maximum Gasteiger partial charge on any atom is 0.305 e. The van der Waals surface area contributed by atoms with E-state index in [1.54, 1.807) is 0 Å². The minimum atomic E-state index is -0.709. The van der Waals surface area contributed by atoms with Gasteiger partial charge in [-0.3, -0.25) is 14.4 Å². The molecule has 0 amide bonds. The number of rotatable bonds is 49. The number of unbranched alkanes of at least 4 members (excludes halogenated alkanes) is 22. The van der Waals surface area contributed by atoms with Crippen LogP contribution in [-0.4, -0.2) is 85.8 Å². The number of esters is 2. The molecule has 8 nitrogen and oxygen atoms in total. The number of carboxylic acids is 1. The van der Waals surface area contributed by atoms with Crippen LogP contribution in [0.1, 0.15) is 287 Å². The number of hydrogen-bond acceptors (Lipinski definition) is 7. The molecule has 0 spiro atoms. The summed E-state index contributed by atoms with van der Waals surface area (Å²) in [7, 11) is 2.17. The van der Waals surface area contributed by atoms with Crippen molar-refractivity contribution in [3.63, 3.8) is 0 Å². The van der Waals surface area contributed by atoms with Gasteiger partial charge in [-0.05, 0) is 103 Å². The summed E-state index contributed by atoms with van der Waals surface area (Å²) < 4.78 is 11.7. The molecule has 0 fully saturated rings. The Kier molecular flexibility index (Phi) is 58.9. The smallest absolute Gasteiger partial charge is 0.305 e. The Morgan fingerprint density at radius 2 is 0.692 bits per heavy atom. The second-order valence-electron chi connectivity index (χ2n) is 18.9. The molecule has 65 heavy (non-hydrogen) atoms. The average molecular weight is 926 g/mol. The molecule has 0 heterocycles. The van der Waals surface area contributed by atoms with Gasteiger partial charge in [0.25, 0.3) is 0 Å². The lowest BCUT2D eigenvalue weighted by molar-refractivity contribution is -0.146. The zero-order valence-corrected chi connectivity index (χ0v) is 45.4. The van der Waals surface area contributed by atoms with E-state index in [0.29, 0.717) is 37.9 Å². The van der Waals surface area contributed by atoms with E-state index in [4.69, 9.17) is 14.6 Å². The third-order valence-corrected chi connectivity index (χ3v) is 12.8. The van der Waals surface area contributed by atoms with E-state index in [1.165, 1.54) is 154 Å². The Bertz CT molecular complexity index is 906. The first-order valence-corrected chi connectivity index (χ1v) is 28.7. The van der Waals surface area contributed by atoms with Crippen molar-refractivity contribution in [1.29, 1.82) is 0 Å². The molecule has 8 heteroatoms. The number of nitrogens with zero attached hydrogens (tertiary/aromatic N) is 2. The molecular weight excluding hydrogens is 809 g/mol. The van der Waals surface area contributed by atoms with Gasteiger partial charge in [-0.2, -0.15) is 0 Å². The molecule has 2 atom stereocenters. The van der Waals surface area contributed by atoms with Crippen molar-refractivity contribution in [1.82, 2.24) is 9.80 Å². The largest absolute Gasteiger partial charge is 0.481 e. The molecule has 0 aromatic carbocycles. The average Bonchev–Trinajstić information content (AvgIpc) is 3.31. The van der Waals surface area contributed by atoms with Gasteiger partial charge in [-0.25, -0.2) is 0 Å². The molecule has 0 aromatic rings. The molecule has 0 rings (SSSR count). The molecule has 0 aliphatic heterocycles. The van der Waals surface area contributed by atoms with Crippen LogP contribution in [0.25, 0.3) is 0 Å². The maximum atomic E-state index is 12.8. The van der Waals surface area contributed by atoms with E-state index in [9.17, 15) is 14.4 Å². The fraction of sp³-hybridized carbons (Fsp3) is 0.947. The molecule has 0 saturated carbocycles. The summed E-state index contributed by atoms with van der Waals surface area (Å²) in [5, 5.41) is 8.94. The molecule has 1 N–H and O–H groups in total.